The van der Waals surface area contributed by atoms with Crippen molar-refractivity contribution in [3.05, 3.63) is 100 Å². The van der Waals surface area contributed by atoms with Crippen LogP contribution in [-0.2, 0) is 17.6 Å². The molecule has 2 bridgehead atoms. The number of fused-ring (bicyclic) bond motifs is 2. The van der Waals surface area contributed by atoms with Crippen molar-refractivity contribution in [2.75, 3.05) is 0 Å². The molecule has 1 fully saturated rings. The lowest BCUT2D eigenvalue weighted by atomic mass is 9.51. The van der Waals surface area contributed by atoms with Gasteiger partial charge in [-0.25, -0.2) is 0 Å². The maximum Gasteiger partial charge on any atom is 0.315 e. The van der Waals surface area contributed by atoms with E-state index in [-0.39, 0.29) is 41.7 Å². The van der Waals surface area contributed by atoms with E-state index in [1.54, 1.807) is 0 Å². The summed E-state index contributed by atoms with van der Waals surface area (Å²) < 4.78 is 6.34. The summed E-state index contributed by atoms with van der Waals surface area (Å²) in [4.78, 5) is 14.2. The molecular weight excluding hydrogens is 432 g/mol. The van der Waals surface area contributed by atoms with E-state index in [1.807, 2.05) is 12.1 Å². The average Bonchev–Trinajstić information content (AvgIpc) is 3.33. The van der Waals surface area contributed by atoms with Gasteiger partial charge in [0.1, 0.15) is 5.75 Å². The number of ether oxygens (including phenoxy) is 1. The predicted octanol–water partition coefficient (Wildman–Crippen LogP) is 6.16. The number of benzene rings is 3. The molecule has 5 aliphatic rings. The van der Waals surface area contributed by atoms with Gasteiger partial charge in [-0.1, -0.05) is 67.1 Å². The first-order valence-electron chi connectivity index (χ1n) is 13.4. The molecule has 3 nitrogen and oxygen atoms in total. The Morgan fingerprint density at radius 3 is 2.06 bits per heavy atom. The van der Waals surface area contributed by atoms with E-state index >= 15 is 0 Å². The summed E-state index contributed by atoms with van der Waals surface area (Å²) in [7, 11) is 0. The zero-order chi connectivity index (χ0) is 23.5. The van der Waals surface area contributed by atoms with Crippen LogP contribution in [0.5, 0.6) is 5.75 Å². The number of aliphatic hydroxyl groups is 1. The van der Waals surface area contributed by atoms with Crippen molar-refractivity contribution >= 4 is 5.97 Å². The monoisotopic (exact) mass is 464 g/mol. The minimum absolute atomic E-state index is 0.0303. The third-order valence-corrected chi connectivity index (χ3v) is 9.35. The highest BCUT2D eigenvalue weighted by Crippen LogP contribution is 2.62. The number of carbonyl (C=O) groups excluding carboxylic acids is 1. The fourth-order valence-electron chi connectivity index (χ4n) is 7.96. The predicted molar refractivity (Wildman–Crippen MR) is 136 cm³/mol. The Bertz CT molecular complexity index is 1250. The Kier molecular flexibility index (Phi) is 5.10. The summed E-state index contributed by atoms with van der Waals surface area (Å²) >= 11 is 0. The first-order chi connectivity index (χ1) is 17.2. The van der Waals surface area contributed by atoms with Gasteiger partial charge in [-0.3, -0.25) is 4.79 Å². The molecule has 1 N–H and O–H groups in total. The number of carbonyl (C=O) groups is 1. The van der Waals surface area contributed by atoms with Gasteiger partial charge in [-0.2, -0.15) is 0 Å². The first kappa shape index (κ1) is 21.4. The lowest BCUT2D eigenvalue weighted by molar-refractivity contribution is -0.144. The van der Waals surface area contributed by atoms with Crippen LogP contribution in [0.3, 0.4) is 0 Å². The molecule has 0 radical (unpaired) electrons. The van der Waals surface area contributed by atoms with E-state index in [1.165, 1.54) is 39.8 Å². The minimum atomic E-state index is -0.349. The largest absolute Gasteiger partial charge is 0.426 e. The van der Waals surface area contributed by atoms with Gasteiger partial charge in [0.15, 0.2) is 0 Å². The van der Waals surface area contributed by atoms with Crippen LogP contribution in [0.1, 0.15) is 77.3 Å². The minimum Gasteiger partial charge on any atom is -0.426 e. The number of aliphatic hydroxyl groups excluding tert-OH is 1. The van der Waals surface area contributed by atoms with E-state index in [9.17, 15) is 9.90 Å². The van der Waals surface area contributed by atoms with E-state index in [0.717, 1.165) is 44.3 Å². The molecule has 0 aromatic heterocycles. The molecule has 178 valence electrons. The highest BCUT2D eigenvalue weighted by molar-refractivity contribution is 5.81. The van der Waals surface area contributed by atoms with Gasteiger partial charge < -0.3 is 9.84 Å². The first-order valence-corrected chi connectivity index (χ1v) is 13.4. The molecule has 3 heteroatoms. The molecule has 5 aliphatic carbocycles. The van der Waals surface area contributed by atoms with Crippen LogP contribution in [-0.4, -0.2) is 17.2 Å². The standard InChI is InChI=1S/C32H32O3/c33-26-17-8-16-25(26)30-28-21-12-3-5-14-23(21)29(24-15-6-4-13-22(24)28)31(30)32(34)35-27-18-7-10-19-9-1-2-11-20(19)27/h3-7,10,12-15,18,25-26,28-31,33H,1-2,8-9,11,16-17H2. The van der Waals surface area contributed by atoms with Gasteiger partial charge in [0.2, 0.25) is 0 Å². The lowest BCUT2D eigenvalue weighted by Gasteiger charge is -2.52. The highest BCUT2D eigenvalue weighted by Gasteiger charge is 2.56. The van der Waals surface area contributed by atoms with Gasteiger partial charge in [0.05, 0.1) is 12.0 Å². The maximum absolute atomic E-state index is 14.2. The molecule has 0 aliphatic heterocycles. The smallest absolute Gasteiger partial charge is 0.315 e. The highest BCUT2D eigenvalue weighted by atomic mass is 16.5. The number of rotatable bonds is 3. The lowest BCUT2D eigenvalue weighted by Crippen LogP contribution is -2.49. The third kappa shape index (κ3) is 3.24. The fraction of sp³-hybridized carbons (Fsp3) is 0.406. The fourth-order valence-corrected chi connectivity index (χ4v) is 7.96. The quantitative estimate of drug-likeness (QED) is 0.373. The van der Waals surface area contributed by atoms with Crippen molar-refractivity contribution in [3.63, 3.8) is 0 Å². The topological polar surface area (TPSA) is 46.5 Å². The van der Waals surface area contributed by atoms with Crippen LogP contribution in [0, 0.1) is 17.8 Å². The summed E-state index contributed by atoms with van der Waals surface area (Å²) in [5.74, 6) is 0.598. The van der Waals surface area contributed by atoms with Gasteiger partial charge in [0, 0.05) is 11.8 Å². The molecule has 35 heavy (non-hydrogen) atoms. The molecule has 1 saturated carbocycles. The van der Waals surface area contributed by atoms with E-state index in [2.05, 4.69) is 54.6 Å². The van der Waals surface area contributed by atoms with Crippen LogP contribution in [0.4, 0.5) is 0 Å². The van der Waals surface area contributed by atoms with Crippen LogP contribution in [0.2, 0.25) is 0 Å². The van der Waals surface area contributed by atoms with Crippen molar-refractivity contribution in [2.24, 2.45) is 17.8 Å². The van der Waals surface area contributed by atoms with Crippen LogP contribution >= 0.6 is 0 Å². The summed E-state index contributed by atoms with van der Waals surface area (Å²) in [6, 6.07) is 23.5. The summed E-state index contributed by atoms with van der Waals surface area (Å²) in [6.07, 6.45) is 6.87. The zero-order valence-corrected chi connectivity index (χ0v) is 20.0. The summed E-state index contributed by atoms with van der Waals surface area (Å²) in [6.45, 7) is 0. The second-order valence-electron chi connectivity index (χ2n) is 11.0. The Labute approximate surface area is 207 Å². The second kappa shape index (κ2) is 8.34. The zero-order valence-electron chi connectivity index (χ0n) is 20.0. The Morgan fingerprint density at radius 2 is 1.40 bits per heavy atom. The maximum atomic E-state index is 14.2. The van der Waals surface area contributed by atoms with Gasteiger partial charge >= 0.3 is 5.97 Å². The van der Waals surface area contributed by atoms with Crippen LogP contribution in [0.15, 0.2) is 66.7 Å². The van der Waals surface area contributed by atoms with Crippen molar-refractivity contribution in [2.45, 2.75) is 62.9 Å². The van der Waals surface area contributed by atoms with Crippen molar-refractivity contribution < 1.29 is 14.6 Å². The molecule has 0 heterocycles. The van der Waals surface area contributed by atoms with E-state index in [4.69, 9.17) is 4.74 Å². The summed E-state index contributed by atoms with van der Waals surface area (Å²) in [5, 5.41) is 11.1. The molecule has 4 unspecified atom stereocenters. The molecule has 4 atom stereocenters. The Balaban J connectivity index is 1.36. The SMILES string of the molecule is O=C(Oc1cccc2c1CCCC2)C1C2c3ccccc3C(c3ccccc32)C1C1CCCC1O. The van der Waals surface area contributed by atoms with Gasteiger partial charge in [0.25, 0.3) is 0 Å². The normalized spacial score (nSPS) is 30.3. The van der Waals surface area contributed by atoms with Crippen LogP contribution in [0.25, 0.3) is 0 Å². The number of hydrogen-bond acceptors (Lipinski definition) is 3. The Morgan fingerprint density at radius 1 is 0.743 bits per heavy atom. The van der Waals surface area contributed by atoms with Gasteiger partial charge in [-0.05, 0) is 89.8 Å². The molecule has 3 aromatic carbocycles. The number of hydrogen-bond donors (Lipinski definition) is 1. The molecule has 0 spiro atoms. The van der Waals surface area contributed by atoms with Crippen molar-refractivity contribution in [1.82, 2.24) is 0 Å². The summed E-state index contributed by atoms with van der Waals surface area (Å²) in [5.41, 5.74) is 7.73. The second-order valence-corrected chi connectivity index (χ2v) is 11.0. The molecule has 0 saturated heterocycles. The molecular formula is C32H32O3. The number of aryl methyl sites for hydroxylation is 1. The van der Waals surface area contributed by atoms with E-state index < -0.39 is 0 Å². The number of esters is 1. The molecule has 8 rings (SSSR count). The molecule has 3 aromatic rings. The molecule has 0 amide bonds. The Hall–Kier alpha value is -2.91. The van der Waals surface area contributed by atoms with Crippen molar-refractivity contribution in [3.8, 4) is 5.75 Å². The van der Waals surface area contributed by atoms with Crippen molar-refractivity contribution in [1.29, 1.82) is 0 Å². The van der Waals surface area contributed by atoms with Crippen LogP contribution < -0.4 is 4.74 Å². The average molecular weight is 465 g/mol. The third-order valence-electron chi connectivity index (χ3n) is 9.35. The van der Waals surface area contributed by atoms with E-state index in [0.29, 0.717) is 0 Å². The van der Waals surface area contributed by atoms with Gasteiger partial charge in [-0.15, -0.1) is 0 Å².